The maximum atomic E-state index is 13.7. The number of sulfonamides is 1. The van der Waals surface area contributed by atoms with Gasteiger partial charge in [0.2, 0.25) is 10.0 Å². The fraction of sp³-hybridized carbons (Fsp3) is 0.200. The average Bonchev–Trinajstić information content (AvgIpc) is 2.41. The summed E-state index contributed by atoms with van der Waals surface area (Å²) in [6.45, 7) is 2.13. The maximum Gasteiger partial charge on any atom is 0.246 e. The van der Waals surface area contributed by atoms with Gasteiger partial charge in [-0.05, 0) is 30.2 Å². The Balaban J connectivity index is 2.31. The summed E-state index contributed by atoms with van der Waals surface area (Å²) in [6.07, 6.45) is 0. The van der Waals surface area contributed by atoms with Gasteiger partial charge < -0.3 is 0 Å². The Bertz CT molecular complexity index is 713. The molecule has 0 heterocycles. The van der Waals surface area contributed by atoms with E-state index in [0.29, 0.717) is 0 Å². The van der Waals surface area contributed by atoms with Crippen molar-refractivity contribution < 1.29 is 12.8 Å². The Morgan fingerprint density at radius 2 is 1.65 bits per heavy atom. The molecule has 2 rings (SSSR count). The molecule has 0 unspecified atom stereocenters. The van der Waals surface area contributed by atoms with E-state index in [1.165, 1.54) is 25.2 Å². The van der Waals surface area contributed by atoms with Gasteiger partial charge >= 0.3 is 0 Å². The van der Waals surface area contributed by atoms with Gasteiger partial charge in [-0.2, -0.15) is 4.31 Å². The third-order valence-electron chi connectivity index (χ3n) is 3.18. The number of aryl methyl sites for hydroxylation is 1. The lowest BCUT2D eigenvalue weighted by Crippen LogP contribution is -2.27. The van der Waals surface area contributed by atoms with Crippen molar-refractivity contribution in [3.8, 4) is 0 Å². The van der Waals surface area contributed by atoms with Crippen LogP contribution in [0.5, 0.6) is 0 Å². The van der Waals surface area contributed by atoms with Gasteiger partial charge in [0.25, 0.3) is 0 Å². The number of hydrogen-bond donors (Lipinski definition) is 0. The van der Waals surface area contributed by atoms with Crippen molar-refractivity contribution in [2.45, 2.75) is 18.4 Å². The molecule has 0 amide bonds. The molecule has 0 saturated heterocycles. The molecular weight excluding hydrogens is 277 g/mol. The van der Waals surface area contributed by atoms with Crippen LogP contribution in [0.2, 0.25) is 0 Å². The molecule has 0 radical (unpaired) electrons. The van der Waals surface area contributed by atoms with Crippen LogP contribution in [0.25, 0.3) is 0 Å². The van der Waals surface area contributed by atoms with Gasteiger partial charge in [0, 0.05) is 13.6 Å². The van der Waals surface area contributed by atoms with Crippen LogP contribution in [0.3, 0.4) is 0 Å². The van der Waals surface area contributed by atoms with Crippen molar-refractivity contribution >= 4 is 10.0 Å². The van der Waals surface area contributed by atoms with E-state index in [0.717, 1.165) is 21.5 Å². The van der Waals surface area contributed by atoms with Gasteiger partial charge in [-0.3, -0.25) is 0 Å². The first-order chi connectivity index (χ1) is 9.43. The number of hydrogen-bond acceptors (Lipinski definition) is 2. The Labute approximate surface area is 118 Å². The second kappa shape index (κ2) is 5.73. The maximum absolute atomic E-state index is 13.7. The highest BCUT2D eigenvalue weighted by molar-refractivity contribution is 7.89. The lowest BCUT2D eigenvalue weighted by molar-refractivity contribution is 0.459. The largest absolute Gasteiger partial charge is 0.246 e. The Kier molecular flexibility index (Phi) is 4.20. The number of rotatable bonds is 4. The fourth-order valence-electron chi connectivity index (χ4n) is 1.93. The molecule has 106 valence electrons. The lowest BCUT2D eigenvalue weighted by Gasteiger charge is -2.18. The second-order valence-electron chi connectivity index (χ2n) is 4.62. The third-order valence-corrected chi connectivity index (χ3v) is 5.02. The monoisotopic (exact) mass is 293 g/mol. The number of nitrogens with zero attached hydrogens (tertiary/aromatic N) is 1. The summed E-state index contributed by atoms with van der Waals surface area (Å²) in [5, 5.41) is 0. The van der Waals surface area contributed by atoms with Gasteiger partial charge in [-0.15, -0.1) is 0 Å². The lowest BCUT2D eigenvalue weighted by atomic mass is 10.1. The zero-order chi connectivity index (χ0) is 14.8. The van der Waals surface area contributed by atoms with Crippen LogP contribution in [-0.2, 0) is 16.6 Å². The van der Waals surface area contributed by atoms with Crippen LogP contribution in [0.15, 0.2) is 53.4 Å². The van der Waals surface area contributed by atoms with E-state index in [1.807, 2.05) is 31.2 Å². The van der Waals surface area contributed by atoms with E-state index < -0.39 is 15.8 Å². The molecular formula is C15H16FNO2S. The molecule has 0 aromatic heterocycles. The minimum Gasteiger partial charge on any atom is -0.207 e. The molecule has 0 N–H and O–H groups in total. The summed E-state index contributed by atoms with van der Waals surface area (Å²) in [7, 11) is -2.37. The molecule has 0 aliphatic rings. The van der Waals surface area contributed by atoms with E-state index in [4.69, 9.17) is 0 Å². The van der Waals surface area contributed by atoms with E-state index in [1.54, 1.807) is 0 Å². The van der Waals surface area contributed by atoms with Crippen molar-refractivity contribution in [2.24, 2.45) is 0 Å². The fourth-order valence-corrected chi connectivity index (χ4v) is 3.14. The normalized spacial score (nSPS) is 11.8. The van der Waals surface area contributed by atoms with E-state index in [9.17, 15) is 12.8 Å². The third kappa shape index (κ3) is 2.89. The minimum atomic E-state index is -3.83. The first-order valence-electron chi connectivity index (χ1n) is 6.18. The van der Waals surface area contributed by atoms with Crippen molar-refractivity contribution in [1.29, 1.82) is 0 Å². The van der Waals surface area contributed by atoms with E-state index >= 15 is 0 Å². The number of halogens is 1. The van der Waals surface area contributed by atoms with Gasteiger partial charge in [-0.1, -0.05) is 36.4 Å². The molecule has 20 heavy (non-hydrogen) atoms. The van der Waals surface area contributed by atoms with Crippen LogP contribution in [0, 0.1) is 12.7 Å². The molecule has 2 aromatic carbocycles. The zero-order valence-corrected chi connectivity index (χ0v) is 12.2. The van der Waals surface area contributed by atoms with Crippen molar-refractivity contribution in [2.75, 3.05) is 7.05 Å². The highest BCUT2D eigenvalue weighted by Gasteiger charge is 2.24. The summed E-state index contributed by atoms with van der Waals surface area (Å²) in [6, 6.07) is 12.9. The van der Waals surface area contributed by atoms with Crippen LogP contribution in [-0.4, -0.2) is 19.8 Å². The SMILES string of the molecule is Cc1ccccc1CN(C)S(=O)(=O)c1ccccc1F. The van der Waals surface area contributed by atoms with E-state index in [-0.39, 0.29) is 11.4 Å². The summed E-state index contributed by atoms with van der Waals surface area (Å²) in [5.74, 6) is -0.732. The average molecular weight is 293 g/mol. The minimum absolute atomic E-state index is 0.212. The zero-order valence-electron chi connectivity index (χ0n) is 11.4. The van der Waals surface area contributed by atoms with Crippen LogP contribution in [0.1, 0.15) is 11.1 Å². The van der Waals surface area contributed by atoms with Crippen molar-refractivity contribution in [1.82, 2.24) is 4.31 Å². The predicted octanol–water partition coefficient (Wildman–Crippen LogP) is 2.95. The van der Waals surface area contributed by atoms with Crippen LogP contribution in [0.4, 0.5) is 4.39 Å². The molecule has 0 fully saturated rings. The number of benzene rings is 2. The Morgan fingerprint density at radius 1 is 1.05 bits per heavy atom. The van der Waals surface area contributed by atoms with E-state index in [2.05, 4.69) is 0 Å². The predicted molar refractivity (Wildman–Crippen MR) is 76.2 cm³/mol. The van der Waals surface area contributed by atoms with Gasteiger partial charge in [0.05, 0.1) is 0 Å². The molecule has 0 atom stereocenters. The Hall–Kier alpha value is -1.72. The van der Waals surface area contributed by atoms with Crippen LogP contribution >= 0.6 is 0 Å². The first-order valence-corrected chi connectivity index (χ1v) is 7.62. The van der Waals surface area contributed by atoms with Gasteiger partial charge in [0.15, 0.2) is 0 Å². The summed E-state index contributed by atoms with van der Waals surface area (Å²) >= 11 is 0. The Morgan fingerprint density at radius 3 is 2.30 bits per heavy atom. The molecule has 2 aromatic rings. The van der Waals surface area contributed by atoms with Crippen molar-refractivity contribution in [3.05, 3.63) is 65.5 Å². The molecule has 0 bridgehead atoms. The molecule has 0 saturated carbocycles. The molecule has 3 nitrogen and oxygen atoms in total. The molecule has 0 aliphatic heterocycles. The van der Waals surface area contributed by atoms with Crippen LogP contribution < -0.4 is 0 Å². The second-order valence-corrected chi connectivity index (χ2v) is 6.63. The molecule has 5 heteroatoms. The first kappa shape index (κ1) is 14.7. The van der Waals surface area contributed by atoms with Crippen molar-refractivity contribution in [3.63, 3.8) is 0 Å². The summed E-state index contributed by atoms with van der Waals surface area (Å²) in [5.41, 5.74) is 1.90. The highest BCUT2D eigenvalue weighted by Crippen LogP contribution is 2.20. The molecule has 0 aliphatic carbocycles. The highest BCUT2D eigenvalue weighted by atomic mass is 32.2. The smallest absolute Gasteiger partial charge is 0.207 e. The van der Waals surface area contributed by atoms with Gasteiger partial charge in [0.1, 0.15) is 10.7 Å². The summed E-state index contributed by atoms with van der Waals surface area (Å²) in [4.78, 5) is -0.295. The topological polar surface area (TPSA) is 37.4 Å². The quantitative estimate of drug-likeness (QED) is 0.869. The molecule has 0 spiro atoms. The standard InChI is InChI=1S/C15H16FNO2S/c1-12-7-3-4-8-13(12)11-17(2)20(18,19)15-10-6-5-9-14(15)16/h3-10H,11H2,1-2H3. The summed E-state index contributed by atoms with van der Waals surface area (Å²) < 4.78 is 39.5. The van der Waals surface area contributed by atoms with Gasteiger partial charge in [-0.25, -0.2) is 12.8 Å².